The van der Waals surface area contributed by atoms with Gasteiger partial charge in [0.1, 0.15) is 24.4 Å². The third kappa shape index (κ3) is 11.3. The van der Waals surface area contributed by atoms with Crippen LogP contribution in [0, 0.1) is 0 Å². The number of ether oxygens (including phenoxy) is 8. The molecule has 1 N–H and O–H groups in total. The monoisotopic (exact) mass is 746 g/mol. The summed E-state index contributed by atoms with van der Waals surface area (Å²) in [7, 11) is 2.99. The Bertz CT molecular complexity index is 1900. The molecule has 5 aromatic carbocycles. The van der Waals surface area contributed by atoms with Gasteiger partial charge in [0.2, 0.25) is 12.0 Å². The summed E-state index contributed by atoms with van der Waals surface area (Å²) >= 11 is 0. The Morgan fingerprint density at radius 2 is 1.05 bits per heavy atom. The van der Waals surface area contributed by atoms with Crippen LogP contribution in [0.25, 0.3) is 6.08 Å². The highest BCUT2D eigenvalue weighted by atomic mass is 16.7. The minimum absolute atomic E-state index is 0.151. The van der Waals surface area contributed by atoms with Gasteiger partial charge < -0.3 is 43.0 Å². The number of carbonyl (C=O) groups is 1. The Morgan fingerprint density at radius 1 is 0.618 bits per heavy atom. The van der Waals surface area contributed by atoms with E-state index in [4.69, 9.17) is 37.9 Å². The molecule has 0 aromatic heterocycles. The van der Waals surface area contributed by atoms with Gasteiger partial charge >= 0.3 is 5.97 Å². The summed E-state index contributed by atoms with van der Waals surface area (Å²) in [6.45, 7) is 1.29. The van der Waals surface area contributed by atoms with Crippen molar-refractivity contribution in [3.05, 3.63) is 167 Å². The maximum Gasteiger partial charge on any atom is 0.328 e. The van der Waals surface area contributed by atoms with E-state index in [9.17, 15) is 9.90 Å². The summed E-state index contributed by atoms with van der Waals surface area (Å²) in [6.07, 6.45) is -1.48. The van der Waals surface area contributed by atoms with E-state index in [1.807, 2.05) is 121 Å². The third-order valence-electron chi connectivity index (χ3n) is 8.98. The average Bonchev–Trinajstić information content (AvgIpc) is 3.23. The number of rotatable bonds is 19. The Kier molecular flexibility index (Phi) is 14.4. The van der Waals surface area contributed by atoms with Gasteiger partial charge in [0, 0.05) is 6.08 Å². The lowest BCUT2D eigenvalue weighted by atomic mass is 9.97. The van der Waals surface area contributed by atoms with Crippen LogP contribution >= 0.6 is 0 Å². The average molecular weight is 747 g/mol. The molecule has 0 amide bonds. The van der Waals surface area contributed by atoms with E-state index < -0.39 is 36.7 Å². The lowest BCUT2D eigenvalue weighted by Crippen LogP contribution is -2.62. The number of benzene rings is 5. The summed E-state index contributed by atoms with van der Waals surface area (Å²) in [5.74, 6) is -0.240. The molecule has 0 spiro atoms. The summed E-state index contributed by atoms with van der Waals surface area (Å²) in [5.41, 5.74) is 4.46. The highest BCUT2D eigenvalue weighted by Crippen LogP contribution is 2.42. The van der Waals surface area contributed by atoms with E-state index >= 15 is 0 Å². The van der Waals surface area contributed by atoms with E-state index in [-0.39, 0.29) is 25.6 Å². The SMILES string of the molecule is COc1cc(/C=C/C(=O)O)cc(OC)c1O[C@H]1O[C@H](COCc2ccccc2)[C@@H](OCc2ccccc2)[C@H](OCc2ccccc2)[C@@H]1OCc1ccccc1. The van der Waals surface area contributed by atoms with Crippen molar-refractivity contribution in [1.82, 2.24) is 0 Å². The van der Waals surface area contributed by atoms with Crippen molar-refractivity contribution < 1.29 is 47.8 Å². The molecular formula is C45H46O10. The first-order valence-corrected chi connectivity index (χ1v) is 18.1. The van der Waals surface area contributed by atoms with Crippen molar-refractivity contribution in [1.29, 1.82) is 0 Å². The first-order valence-electron chi connectivity index (χ1n) is 18.1. The lowest BCUT2D eigenvalue weighted by Gasteiger charge is -2.45. The molecule has 0 bridgehead atoms. The van der Waals surface area contributed by atoms with Crippen LogP contribution < -0.4 is 14.2 Å². The zero-order chi connectivity index (χ0) is 38.2. The van der Waals surface area contributed by atoms with Gasteiger partial charge in [0.15, 0.2) is 11.5 Å². The summed E-state index contributed by atoms with van der Waals surface area (Å²) < 4.78 is 51.7. The molecule has 0 saturated carbocycles. The minimum Gasteiger partial charge on any atom is -0.493 e. The van der Waals surface area contributed by atoms with Crippen molar-refractivity contribution in [2.45, 2.75) is 57.1 Å². The second kappa shape index (κ2) is 20.3. The van der Waals surface area contributed by atoms with Gasteiger partial charge in [-0.2, -0.15) is 0 Å². The first-order chi connectivity index (χ1) is 27.0. The Hall–Kier alpha value is -5.49. The highest BCUT2D eigenvalue weighted by Gasteiger charge is 2.50. The Morgan fingerprint density at radius 3 is 1.51 bits per heavy atom. The zero-order valence-electron chi connectivity index (χ0n) is 30.9. The molecule has 286 valence electrons. The second-order valence-corrected chi connectivity index (χ2v) is 12.9. The Balaban J connectivity index is 1.39. The molecule has 5 aromatic rings. The number of hydrogen-bond donors (Lipinski definition) is 1. The first kappa shape index (κ1) is 39.2. The smallest absolute Gasteiger partial charge is 0.328 e. The molecule has 1 saturated heterocycles. The van der Waals surface area contributed by atoms with Gasteiger partial charge in [-0.3, -0.25) is 0 Å². The second-order valence-electron chi connectivity index (χ2n) is 12.9. The van der Waals surface area contributed by atoms with Gasteiger partial charge in [0.25, 0.3) is 0 Å². The summed E-state index contributed by atoms with van der Waals surface area (Å²) in [4.78, 5) is 11.3. The van der Waals surface area contributed by atoms with E-state index in [0.29, 0.717) is 30.3 Å². The molecule has 0 aliphatic carbocycles. The van der Waals surface area contributed by atoms with Gasteiger partial charge in [-0.25, -0.2) is 4.79 Å². The van der Waals surface area contributed by atoms with E-state index in [0.717, 1.165) is 28.3 Å². The summed E-state index contributed by atoms with van der Waals surface area (Å²) in [5, 5.41) is 9.24. The fourth-order valence-corrected chi connectivity index (χ4v) is 6.24. The molecule has 6 rings (SSSR count). The number of methoxy groups -OCH3 is 2. The molecule has 1 aliphatic rings. The third-order valence-corrected chi connectivity index (χ3v) is 8.98. The molecule has 5 atom stereocenters. The predicted octanol–water partition coefficient (Wildman–Crippen LogP) is 7.88. The van der Waals surface area contributed by atoms with Crippen LogP contribution in [-0.4, -0.2) is 62.6 Å². The van der Waals surface area contributed by atoms with Crippen LogP contribution in [0.3, 0.4) is 0 Å². The van der Waals surface area contributed by atoms with Crippen molar-refractivity contribution in [3.8, 4) is 17.2 Å². The van der Waals surface area contributed by atoms with Gasteiger partial charge in [-0.15, -0.1) is 0 Å². The number of hydrogen-bond acceptors (Lipinski definition) is 9. The topological polar surface area (TPSA) is 111 Å². The quantitative estimate of drug-likeness (QED) is 0.0839. The van der Waals surface area contributed by atoms with Crippen LogP contribution in [0.2, 0.25) is 0 Å². The normalized spacial score (nSPS) is 19.6. The van der Waals surface area contributed by atoms with Crippen LogP contribution in [-0.2, 0) is 54.9 Å². The molecular weight excluding hydrogens is 700 g/mol. The van der Waals surface area contributed by atoms with Crippen LogP contribution in [0.15, 0.2) is 140 Å². The highest BCUT2D eigenvalue weighted by molar-refractivity contribution is 5.85. The maximum atomic E-state index is 11.3. The molecule has 1 fully saturated rings. The van der Waals surface area contributed by atoms with Crippen LogP contribution in [0.4, 0.5) is 0 Å². The van der Waals surface area contributed by atoms with Crippen molar-refractivity contribution in [2.75, 3.05) is 20.8 Å². The maximum absolute atomic E-state index is 11.3. The van der Waals surface area contributed by atoms with Gasteiger partial charge in [0.05, 0.1) is 47.3 Å². The van der Waals surface area contributed by atoms with Crippen LogP contribution in [0.5, 0.6) is 17.2 Å². The van der Waals surface area contributed by atoms with Gasteiger partial charge in [-0.1, -0.05) is 121 Å². The van der Waals surface area contributed by atoms with Crippen molar-refractivity contribution in [2.24, 2.45) is 0 Å². The number of carboxylic acids is 1. The number of aliphatic carboxylic acids is 1. The van der Waals surface area contributed by atoms with E-state index in [1.54, 1.807) is 12.1 Å². The van der Waals surface area contributed by atoms with Crippen LogP contribution in [0.1, 0.15) is 27.8 Å². The molecule has 1 heterocycles. The van der Waals surface area contributed by atoms with Crippen molar-refractivity contribution >= 4 is 12.0 Å². The van der Waals surface area contributed by atoms with E-state index in [1.165, 1.54) is 20.3 Å². The molecule has 10 nitrogen and oxygen atoms in total. The fourth-order valence-electron chi connectivity index (χ4n) is 6.24. The molecule has 1 aliphatic heterocycles. The molecule has 0 radical (unpaired) electrons. The lowest BCUT2D eigenvalue weighted by molar-refractivity contribution is -0.310. The molecule has 55 heavy (non-hydrogen) atoms. The summed E-state index contributed by atoms with van der Waals surface area (Å²) in [6, 6.07) is 42.9. The fraction of sp³-hybridized carbons (Fsp3) is 0.267. The molecule has 10 heteroatoms. The minimum atomic E-state index is -1.08. The predicted molar refractivity (Wildman–Crippen MR) is 207 cm³/mol. The Labute approximate surface area is 321 Å². The number of carboxylic acid groups (broad SMARTS) is 1. The van der Waals surface area contributed by atoms with Gasteiger partial charge in [-0.05, 0) is 46.0 Å². The largest absolute Gasteiger partial charge is 0.493 e. The standard InChI is InChI=1S/C45H46O10/c1-48-37-25-36(23-24-40(46)47)26-38(49-2)41(37)55-45-44(53-30-35-21-13-6-14-22-35)43(52-29-34-19-11-5-12-20-34)42(51-28-33-17-9-4-10-18-33)39(54-45)31-50-27-32-15-7-3-8-16-32/h3-26,39,42-45H,27-31H2,1-2H3,(H,46,47)/b24-23+/t39-,42-,43+,44+,45-/m1/s1. The zero-order valence-corrected chi connectivity index (χ0v) is 30.9. The van der Waals surface area contributed by atoms with E-state index in [2.05, 4.69) is 0 Å². The van der Waals surface area contributed by atoms with Crippen molar-refractivity contribution in [3.63, 3.8) is 0 Å². The molecule has 0 unspecified atom stereocenters.